The molecule has 43 heavy (non-hydrogen) atoms. The van der Waals surface area contributed by atoms with Gasteiger partial charge in [0.1, 0.15) is 12.6 Å². The van der Waals surface area contributed by atoms with Crippen LogP contribution in [0.4, 0.5) is 5.69 Å². The summed E-state index contributed by atoms with van der Waals surface area (Å²) in [6.07, 6.45) is 0.730. The number of ether oxygens (including phenoxy) is 2. The number of sulfonamides is 1. The molecule has 3 aromatic rings. The molecule has 0 saturated heterocycles. The molecule has 10 heteroatoms. The largest absolute Gasteiger partial charge is 0.493 e. The Morgan fingerprint density at radius 2 is 1.51 bits per heavy atom. The molecule has 232 valence electrons. The van der Waals surface area contributed by atoms with Crippen LogP contribution in [0.3, 0.4) is 0 Å². The average molecular weight is 610 g/mol. The second kappa shape index (κ2) is 14.4. The van der Waals surface area contributed by atoms with Gasteiger partial charge in [-0.25, -0.2) is 8.42 Å². The SMILES string of the molecule is CC[C@@H](C)NC(=O)[C@H](C)N(Cc1cccc(C)c1)C(=O)CN(c1cc(C)cc(C)c1)S(=O)(=O)c1ccc(OC)c(OC)c1. The molecular weight excluding hydrogens is 566 g/mol. The van der Waals surface area contributed by atoms with Gasteiger partial charge >= 0.3 is 0 Å². The number of methoxy groups -OCH3 is 2. The Balaban J connectivity index is 2.11. The summed E-state index contributed by atoms with van der Waals surface area (Å²) >= 11 is 0. The summed E-state index contributed by atoms with van der Waals surface area (Å²) in [5.74, 6) is -0.208. The first-order chi connectivity index (χ1) is 20.3. The molecular formula is C33H43N3O6S. The van der Waals surface area contributed by atoms with Crippen molar-refractivity contribution in [1.29, 1.82) is 0 Å². The lowest BCUT2D eigenvalue weighted by Gasteiger charge is -2.32. The smallest absolute Gasteiger partial charge is 0.264 e. The lowest BCUT2D eigenvalue weighted by atomic mass is 10.1. The summed E-state index contributed by atoms with van der Waals surface area (Å²) in [6.45, 7) is 10.8. The zero-order valence-corrected chi connectivity index (χ0v) is 27.1. The van der Waals surface area contributed by atoms with E-state index in [1.54, 1.807) is 19.1 Å². The average Bonchev–Trinajstić information content (AvgIpc) is 2.96. The van der Waals surface area contributed by atoms with Crippen LogP contribution in [0, 0.1) is 20.8 Å². The maximum Gasteiger partial charge on any atom is 0.264 e. The van der Waals surface area contributed by atoms with E-state index in [9.17, 15) is 18.0 Å². The van der Waals surface area contributed by atoms with E-state index < -0.39 is 28.5 Å². The number of rotatable bonds is 13. The Bertz CT molecular complexity index is 1540. The van der Waals surface area contributed by atoms with Gasteiger partial charge in [0, 0.05) is 18.7 Å². The number of carbonyl (C=O) groups is 2. The second-order valence-corrected chi connectivity index (χ2v) is 12.7. The summed E-state index contributed by atoms with van der Waals surface area (Å²) < 4.78 is 40.3. The summed E-state index contributed by atoms with van der Waals surface area (Å²) in [4.78, 5) is 28.8. The third-order valence-electron chi connectivity index (χ3n) is 7.32. The highest BCUT2D eigenvalue weighted by molar-refractivity contribution is 7.92. The van der Waals surface area contributed by atoms with E-state index >= 15 is 0 Å². The minimum atomic E-state index is -4.27. The van der Waals surface area contributed by atoms with E-state index in [0.29, 0.717) is 11.4 Å². The zero-order valence-electron chi connectivity index (χ0n) is 26.3. The number of aryl methyl sites for hydroxylation is 3. The third-order valence-corrected chi connectivity index (χ3v) is 9.09. The number of benzene rings is 3. The van der Waals surface area contributed by atoms with Crippen molar-refractivity contribution in [1.82, 2.24) is 10.2 Å². The van der Waals surface area contributed by atoms with Crippen LogP contribution in [0.2, 0.25) is 0 Å². The second-order valence-electron chi connectivity index (χ2n) is 10.9. The predicted octanol–water partition coefficient (Wildman–Crippen LogP) is 5.16. The Morgan fingerprint density at radius 3 is 2.09 bits per heavy atom. The van der Waals surface area contributed by atoms with E-state index in [1.807, 2.05) is 65.0 Å². The van der Waals surface area contributed by atoms with E-state index in [-0.39, 0.29) is 29.1 Å². The fourth-order valence-electron chi connectivity index (χ4n) is 4.78. The van der Waals surface area contributed by atoms with Crippen molar-refractivity contribution in [2.24, 2.45) is 0 Å². The van der Waals surface area contributed by atoms with Crippen molar-refractivity contribution in [2.75, 3.05) is 25.1 Å². The minimum Gasteiger partial charge on any atom is -0.493 e. The van der Waals surface area contributed by atoms with E-state index in [0.717, 1.165) is 33.0 Å². The molecule has 0 aliphatic carbocycles. The molecule has 0 heterocycles. The van der Waals surface area contributed by atoms with Gasteiger partial charge in [-0.2, -0.15) is 0 Å². The molecule has 2 amide bonds. The zero-order chi connectivity index (χ0) is 31.9. The molecule has 0 unspecified atom stereocenters. The monoisotopic (exact) mass is 609 g/mol. The van der Waals surface area contributed by atoms with Gasteiger partial charge in [0.05, 0.1) is 24.8 Å². The van der Waals surface area contributed by atoms with Crippen molar-refractivity contribution in [3.63, 3.8) is 0 Å². The molecule has 3 rings (SSSR count). The van der Waals surface area contributed by atoms with Gasteiger partial charge < -0.3 is 19.7 Å². The highest BCUT2D eigenvalue weighted by Crippen LogP contribution is 2.33. The highest BCUT2D eigenvalue weighted by atomic mass is 32.2. The number of hydrogen-bond donors (Lipinski definition) is 1. The molecule has 0 aromatic heterocycles. The number of anilines is 1. The van der Waals surface area contributed by atoms with Crippen molar-refractivity contribution >= 4 is 27.5 Å². The number of nitrogens with zero attached hydrogens (tertiary/aromatic N) is 2. The van der Waals surface area contributed by atoms with Crippen LogP contribution in [-0.4, -0.2) is 58.0 Å². The first-order valence-corrected chi connectivity index (χ1v) is 15.7. The minimum absolute atomic E-state index is 0.0649. The van der Waals surface area contributed by atoms with E-state index in [4.69, 9.17) is 9.47 Å². The summed E-state index contributed by atoms with van der Waals surface area (Å²) in [6, 6.07) is 16.4. The molecule has 0 radical (unpaired) electrons. The van der Waals surface area contributed by atoms with Gasteiger partial charge in [0.15, 0.2) is 11.5 Å². The Morgan fingerprint density at radius 1 is 0.860 bits per heavy atom. The van der Waals surface area contributed by atoms with E-state index in [1.165, 1.54) is 37.3 Å². The van der Waals surface area contributed by atoms with Gasteiger partial charge in [0.2, 0.25) is 11.8 Å². The summed E-state index contributed by atoms with van der Waals surface area (Å²) in [5, 5.41) is 2.95. The van der Waals surface area contributed by atoms with Crippen LogP contribution in [0.1, 0.15) is 49.4 Å². The first kappa shape index (κ1) is 33.5. The molecule has 0 spiro atoms. The van der Waals surface area contributed by atoms with Gasteiger partial charge in [-0.15, -0.1) is 0 Å². The van der Waals surface area contributed by atoms with Crippen LogP contribution in [0.5, 0.6) is 11.5 Å². The van der Waals surface area contributed by atoms with Crippen molar-refractivity contribution in [3.8, 4) is 11.5 Å². The Hall–Kier alpha value is -4.05. The van der Waals surface area contributed by atoms with Crippen molar-refractivity contribution in [2.45, 2.75) is 71.5 Å². The molecule has 0 aliphatic rings. The van der Waals surface area contributed by atoms with Crippen LogP contribution in [0.15, 0.2) is 65.6 Å². The molecule has 0 aliphatic heterocycles. The van der Waals surface area contributed by atoms with Crippen LogP contribution in [-0.2, 0) is 26.2 Å². The Labute approximate surface area is 255 Å². The molecule has 1 N–H and O–H groups in total. The van der Waals surface area contributed by atoms with Gasteiger partial charge in [-0.05, 0) is 82.0 Å². The summed E-state index contributed by atoms with van der Waals surface area (Å²) in [5.41, 5.74) is 3.86. The molecule has 2 atom stereocenters. The van der Waals surface area contributed by atoms with Crippen molar-refractivity contribution < 1.29 is 27.5 Å². The molecule has 0 saturated carbocycles. The normalized spacial score (nSPS) is 12.7. The predicted molar refractivity (Wildman–Crippen MR) is 169 cm³/mol. The van der Waals surface area contributed by atoms with Gasteiger partial charge in [-0.3, -0.25) is 13.9 Å². The van der Waals surface area contributed by atoms with Crippen LogP contribution in [0.25, 0.3) is 0 Å². The fraction of sp³-hybridized carbons (Fsp3) is 0.394. The number of hydrogen-bond acceptors (Lipinski definition) is 6. The number of carbonyl (C=O) groups excluding carboxylic acids is 2. The lowest BCUT2D eigenvalue weighted by molar-refractivity contribution is -0.139. The Kier molecular flexibility index (Phi) is 11.2. The standard InChI is InChI=1S/C33H43N3O6S/c1-9-25(5)34-33(38)26(6)35(20-27-12-10-11-22(2)16-27)32(37)21-36(28-17-23(3)15-24(4)18-28)43(39,40)29-13-14-30(41-7)31(19-29)42-8/h10-19,25-26H,9,20-21H2,1-8H3,(H,34,38)/t25-,26+/m1/s1. The highest BCUT2D eigenvalue weighted by Gasteiger charge is 2.33. The molecule has 9 nitrogen and oxygen atoms in total. The quantitative estimate of drug-likeness (QED) is 0.287. The van der Waals surface area contributed by atoms with Gasteiger partial charge in [0.25, 0.3) is 10.0 Å². The first-order valence-electron chi connectivity index (χ1n) is 14.3. The lowest BCUT2D eigenvalue weighted by Crippen LogP contribution is -2.52. The van der Waals surface area contributed by atoms with Gasteiger partial charge in [-0.1, -0.05) is 42.8 Å². The summed E-state index contributed by atoms with van der Waals surface area (Å²) in [7, 11) is -1.38. The molecule has 0 bridgehead atoms. The molecule has 3 aromatic carbocycles. The third kappa shape index (κ3) is 8.28. The number of nitrogens with one attached hydrogen (secondary N) is 1. The maximum atomic E-state index is 14.3. The fourth-order valence-corrected chi connectivity index (χ4v) is 6.20. The van der Waals surface area contributed by atoms with E-state index in [2.05, 4.69) is 5.32 Å². The molecule has 0 fully saturated rings. The number of amides is 2. The van der Waals surface area contributed by atoms with Crippen LogP contribution < -0.4 is 19.1 Å². The maximum absolute atomic E-state index is 14.3. The van der Waals surface area contributed by atoms with Crippen LogP contribution >= 0.6 is 0 Å². The van der Waals surface area contributed by atoms with Crippen molar-refractivity contribution in [3.05, 3.63) is 82.9 Å². The topological polar surface area (TPSA) is 105 Å².